The summed E-state index contributed by atoms with van der Waals surface area (Å²) in [6.07, 6.45) is 1.40. The summed E-state index contributed by atoms with van der Waals surface area (Å²) in [6, 6.07) is 9.02. The largest absolute Gasteiger partial charge is 0.479 e. The lowest BCUT2D eigenvalue weighted by Crippen LogP contribution is -2.46. The average Bonchev–Trinajstić information content (AvgIpc) is 3.25. The van der Waals surface area contributed by atoms with E-state index in [0.717, 1.165) is 48.2 Å². The maximum Gasteiger partial charge on any atom is 0.337 e. The van der Waals surface area contributed by atoms with Crippen molar-refractivity contribution in [3.05, 3.63) is 52.2 Å². The zero-order valence-corrected chi connectivity index (χ0v) is 27.4. The highest BCUT2D eigenvalue weighted by molar-refractivity contribution is 7.92. The summed E-state index contributed by atoms with van der Waals surface area (Å²) < 4.78 is 42.7. The van der Waals surface area contributed by atoms with Crippen molar-refractivity contribution < 1.29 is 27.8 Å². The first-order valence-corrected chi connectivity index (χ1v) is 17.0. The van der Waals surface area contributed by atoms with E-state index in [1.54, 1.807) is 16.4 Å². The number of hydrogen-bond acceptors (Lipinski definition) is 6. The fourth-order valence-electron chi connectivity index (χ4n) is 6.60. The van der Waals surface area contributed by atoms with Gasteiger partial charge in [-0.3, -0.25) is 9.21 Å². The number of carboxylic acid groups (broad SMARTS) is 1. The van der Waals surface area contributed by atoms with Gasteiger partial charge in [0, 0.05) is 41.3 Å². The molecule has 2 aliphatic rings. The molecule has 0 amide bonds. The Balaban J connectivity index is 1.74. The Labute approximate surface area is 259 Å². The number of hydrogen-bond donors (Lipinski definition) is 1. The summed E-state index contributed by atoms with van der Waals surface area (Å²) in [7, 11) is -3.73. The number of aromatic nitrogens is 1. The molecule has 2 aliphatic heterocycles. The number of morpholine rings is 1. The van der Waals surface area contributed by atoms with Crippen molar-refractivity contribution in [3.8, 4) is 11.1 Å². The minimum absolute atomic E-state index is 0.322. The van der Waals surface area contributed by atoms with E-state index in [2.05, 4.69) is 9.47 Å². The van der Waals surface area contributed by atoms with Crippen LogP contribution < -0.4 is 4.31 Å². The van der Waals surface area contributed by atoms with Crippen molar-refractivity contribution in [1.29, 1.82) is 0 Å². The third-order valence-electron chi connectivity index (χ3n) is 8.34. The molecular formula is C32H42ClN3O6S. The van der Waals surface area contributed by atoms with Gasteiger partial charge in [0.25, 0.3) is 0 Å². The molecule has 234 valence electrons. The van der Waals surface area contributed by atoms with E-state index in [1.807, 2.05) is 52.8 Å². The minimum Gasteiger partial charge on any atom is -0.479 e. The fraction of sp³-hybridized carbons (Fsp3) is 0.531. The van der Waals surface area contributed by atoms with Crippen LogP contribution in [0.15, 0.2) is 30.3 Å². The molecule has 3 aromatic rings. The Bertz CT molecular complexity index is 1620. The van der Waals surface area contributed by atoms with Gasteiger partial charge in [-0.2, -0.15) is 0 Å². The standard InChI is InChI=1S/C32H42ClN3O6S/c1-20-18-25-27(22-9-11-23(33)12-10-22)26(30(31(37)38)42-32(3,4)5)21(2)28-29(25)35(20)19-24(36(28)43(6,39)40)8-7-13-34-14-16-41-17-15-34/h9-12,18,24,30H,7-8,13-17,19H2,1-6H3,(H,37,38)/t24-,30-/m0/s1. The maximum absolute atomic E-state index is 13.6. The molecule has 11 heteroatoms. The molecule has 0 radical (unpaired) electrons. The van der Waals surface area contributed by atoms with Gasteiger partial charge in [-0.15, -0.1) is 0 Å². The molecule has 1 aromatic heterocycles. The Morgan fingerprint density at radius 3 is 2.40 bits per heavy atom. The number of anilines is 1. The van der Waals surface area contributed by atoms with E-state index >= 15 is 0 Å². The number of aryl methyl sites for hydroxylation is 1. The zero-order valence-electron chi connectivity index (χ0n) is 25.8. The summed E-state index contributed by atoms with van der Waals surface area (Å²) in [6.45, 7) is 13.9. The first-order chi connectivity index (χ1) is 20.2. The molecule has 0 saturated carbocycles. The van der Waals surface area contributed by atoms with Gasteiger partial charge in [-0.1, -0.05) is 23.7 Å². The third-order valence-corrected chi connectivity index (χ3v) is 9.78. The van der Waals surface area contributed by atoms with Crippen LogP contribution in [0.3, 0.4) is 0 Å². The monoisotopic (exact) mass is 631 g/mol. The van der Waals surface area contributed by atoms with Crippen LogP contribution in [-0.2, 0) is 30.8 Å². The van der Waals surface area contributed by atoms with Crippen LogP contribution in [-0.4, -0.2) is 79.7 Å². The SMILES string of the molecule is Cc1c([C@H](OC(C)(C)C)C(=O)O)c(-c2ccc(Cl)cc2)c2cc(C)n3c2c1N(S(C)(=O)=O)[C@@H](CCCN1CCOCC1)C3. The van der Waals surface area contributed by atoms with Crippen LogP contribution in [0.25, 0.3) is 22.0 Å². The summed E-state index contributed by atoms with van der Waals surface area (Å²) in [5.74, 6) is -1.14. The second-order valence-electron chi connectivity index (χ2n) is 12.7. The van der Waals surface area contributed by atoms with Gasteiger partial charge < -0.3 is 19.1 Å². The van der Waals surface area contributed by atoms with Crippen LogP contribution in [0.5, 0.6) is 0 Å². The molecule has 0 bridgehead atoms. The molecule has 0 spiro atoms. The molecule has 1 N–H and O–H groups in total. The highest BCUT2D eigenvalue weighted by Crippen LogP contribution is 2.49. The fourth-order valence-corrected chi connectivity index (χ4v) is 7.99. The van der Waals surface area contributed by atoms with E-state index in [1.165, 1.54) is 6.26 Å². The first kappa shape index (κ1) is 31.8. The lowest BCUT2D eigenvalue weighted by molar-refractivity contribution is -0.160. The molecule has 9 nitrogen and oxygen atoms in total. The van der Waals surface area contributed by atoms with Gasteiger partial charge in [0.05, 0.1) is 42.3 Å². The second-order valence-corrected chi connectivity index (χ2v) is 15.0. The summed E-state index contributed by atoms with van der Waals surface area (Å²) in [4.78, 5) is 15.3. The third kappa shape index (κ3) is 6.44. The first-order valence-electron chi connectivity index (χ1n) is 14.8. The van der Waals surface area contributed by atoms with E-state index in [9.17, 15) is 18.3 Å². The van der Waals surface area contributed by atoms with Crippen LogP contribution in [0.4, 0.5) is 5.69 Å². The van der Waals surface area contributed by atoms with E-state index in [-0.39, 0.29) is 6.04 Å². The Morgan fingerprint density at radius 2 is 1.81 bits per heavy atom. The molecule has 5 rings (SSSR count). The molecule has 3 heterocycles. The Kier molecular flexibility index (Phi) is 8.90. The molecule has 1 fully saturated rings. The number of aliphatic carboxylic acids is 1. The number of halogens is 1. The van der Waals surface area contributed by atoms with Crippen LogP contribution in [0.1, 0.15) is 56.5 Å². The number of benzene rings is 2. The van der Waals surface area contributed by atoms with Gasteiger partial charge in [-0.05, 0) is 88.9 Å². The molecule has 0 aliphatic carbocycles. The average molecular weight is 632 g/mol. The molecule has 2 atom stereocenters. The van der Waals surface area contributed by atoms with E-state index in [4.69, 9.17) is 21.1 Å². The number of nitrogens with zero attached hydrogens (tertiary/aromatic N) is 3. The van der Waals surface area contributed by atoms with Crippen molar-refractivity contribution >= 4 is 44.2 Å². The Morgan fingerprint density at radius 1 is 1.16 bits per heavy atom. The maximum atomic E-state index is 13.6. The molecule has 0 unspecified atom stereocenters. The van der Waals surface area contributed by atoms with E-state index in [0.29, 0.717) is 53.6 Å². The van der Waals surface area contributed by atoms with Crippen LogP contribution in [0, 0.1) is 13.8 Å². The summed E-state index contributed by atoms with van der Waals surface area (Å²) in [5, 5.41) is 11.9. The lowest BCUT2D eigenvalue weighted by Gasteiger charge is -2.40. The van der Waals surface area contributed by atoms with Gasteiger partial charge in [0.15, 0.2) is 6.10 Å². The number of sulfonamides is 1. The predicted molar refractivity (Wildman–Crippen MR) is 171 cm³/mol. The highest BCUT2D eigenvalue weighted by Gasteiger charge is 2.40. The molecule has 1 saturated heterocycles. The number of ether oxygens (including phenoxy) is 2. The van der Waals surface area contributed by atoms with Crippen molar-refractivity contribution in [2.24, 2.45) is 0 Å². The van der Waals surface area contributed by atoms with Crippen molar-refractivity contribution in [3.63, 3.8) is 0 Å². The highest BCUT2D eigenvalue weighted by atomic mass is 35.5. The van der Waals surface area contributed by atoms with Crippen LogP contribution in [0.2, 0.25) is 5.02 Å². The zero-order chi connectivity index (χ0) is 31.3. The normalized spacial score (nSPS) is 18.8. The second kappa shape index (κ2) is 12.0. The van der Waals surface area contributed by atoms with Gasteiger partial charge in [0.1, 0.15) is 0 Å². The quantitative estimate of drug-likeness (QED) is 0.319. The van der Waals surface area contributed by atoms with Crippen LogP contribution >= 0.6 is 11.6 Å². The Hall–Kier alpha value is -2.63. The van der Waals surface area contributed by atoms with E-state index < -0.39 is 27.7 Å². The number of rotatable bonds is 9. The van der Waals surface area contributed by atoms with Crippen molar-refractivity contribution in [2.45, 2.75) is 71.8 Å². The van der Waals surface area contributed by atoms with Gasteiger partial charge >= 0.3 is 5.97 Å². The number of carboxylic acids is 1. The lowest BCUT2D eigenvalue weighted by atomic mass is 9.87. The molecule has 2 aromatic carbocycles. The van der Waals surface area contributed by atoms with Crippen molar-refractivity contribution in [1.82, 2.24) is 9.47 Å². The van der Waals surface area contributed by atoms with Crippen molar-refractivity contribution in [2.75, 3.05) is 43.4 Å². The minimum atomic E-state index is -3.73. The topological polar surface area (TPSA) is 101 Å². The molecule has 43 heavy (non-hydrogen) atoms. The van der Waals surface area contributed by atoms with Gasteiger partial charge in [0.2, 0.25) is 10.0 Å². The predicted octanol–water partition coefficient (Wildman–Crippen LogP) is 5.78. The molecular weight excluding hydrogens is 590 g/mol. The smallest absolute Gasteiger partial charge is 0.337 e. The summed E-state index contributed by atoms with van der Waals surface area (Å²) >= 11 is 6.25. The number of carbonyl (C=O) groups is 1. The van der Waals surface area contributed by atoms with Gasteiger partial charge in [-0.25, -0.2) is 13.2 Å². The summed E-state index contributed by atoms with van der Waals surface area (Å²) in [5.41, 5.74) is 4.06.